The summed E-state index contributed by atoms with van der Waals surface area (Å²) in [6.07, 6.45) is -1.27. The Labute approximate surface area is 107 Å². The minimum absolute atomic E-state index is 0.119. The molecular weight excluding hydrogens is 234 g/mol. The van der Waals surface area contributed by atoms with E-state index >= 15 is 0 Å². The van der Waals surface area contributed by atoms with Crippen molar-refractivity contribution >= 4 is 6.09 Å². The van der Waals surface area contributed by atoms with Crippen LogP contribution in [-0.4, -0.2) is 37.1 Å². The number of amides is 1. The van der Waals surface area contributed by atoms with Gasteiger partial charge in [-0.05, 0) is 12.5 Å². The lowest BCUT2D eigenvalue weighted by molar-refractivity contribution is 0.0283. The van der Waals surface area contributed by atoms with E-state index in [9.17, 15) is 9.90 Å². The van der Waals surface area contributed by atoms with E-state index in [1.807, 2.05) is 30.3 Å². The number of aliphatic hydroxyl groups excluding tert-OH is 1. The van der Waals surface area contributed by atoms with E-state index in [0.717, 1.165) is 5.56 Å². The summed E-state index contributed by atoms with van der Waals surface area (Å²) in [4.78, 5) is 11.0. The third kappa shape index (κ3) is 6.22. The first-order chi connectivity index (χ1) is 8.72. The number of alkyl carbamates (subject to hydrolysis) is 1. The molecule has 0 saturated carbocycles. The Bertz CT molecular complexity index is 342. The summed E-state index contributed by atoms with van der Waals surface area (Å²) >= 11 is 0. The molecule has 100 valence electrons. The second-order valence-corrected chi connectivity index (χ2v) is 3.76. The fraction of sp³-hybridized carbons (Fsp3) is 0.462. The number of carbonyl (C=O) groups is 1. The van der Waals surface area contributed by atoms with Gasteiger partial charge in [0.2, 0.25) is 0 Å². The molecule has 2 N–H and O–H groups in total. The molecule has 1 atom stereocenters. The van der Waals surface area contributed by atoms with Crippen molar-refractivity contribution in [1.82, 2.24) is 5.32 Å². The number of ether oxygens (including phenoxy) is 2. The molecule has 18 heavy (non-hydrogen) atoms. The third-order valence-electron chi connectivity index (χ3n) is 2.18. The zero-order chi connectivity index (χ0) is 13.2. The maximum Gasteiger partial charge on any atom is 0.407 e. The predicted octanol–water partition coefficient (Wildman–Crippen LogP) is 1.31. The minimum Gasteiger partial charge on any atom is -0.450 e. The summed E-state index contributed by atoms with van der Waals surface area (Å²) in [5.41, 5.74) is 1.04. The first-order valence-corrected chi connectivity index (χ1v) is 5.92. The molecule has 0 spiro atoms. The highest BCUT2D eigenvalue weighted by molar-refractivity contribution is 5.67. The van der Waals surface area contributed by atoms with Crippen LogP contribution >= 0.6 is 0 Å². The lowest BCUT2D eigenvalue weighted by atomic mass is 10.2. The second kappa shape index (κ2) is 8.49. The number of hydrogen-bond acceptors (Lipinski definition) is 4. The smallest absolute Gasteiger partial charge is 0.407 e. The molecule has 5 heteroatoms. The second-order valence-electron chi connectivity index (χ2n) is 3.76. The number of hydrogen-bond donors (Lipinski definition) is 2. The normalized spacial score (nSPS) is 11.9. The van der Waals surface area contributed by atoms with Crippen LogP contribution in [0.2, 0.25) is 0 Å². The summed E-state index contributed by atoms with van der Waals surface area (Å²) in [5, 5.41) is 12.0. The van der Waals surface area contributed by atoms with Crippen molar-refractivity contribution in [1.29, 1.82) is 0 Å². The van der Waals surface area contributed by atoms with Crippen molar-refractivity contribution in [3.8, 4) is 0 Å². The molecule has 0 aliphatic carbocycles. The number of rotatable bonds is 7. The van der Waals surface area contributed by atoms with E-state index in [2.05, 4.69) is 10.1 Å². The maximum absolute atomic E-state index is 11.0. The Kier molecular flexibility index (Phi) is 6.83. The van der Waals surface area contributed by atoms with Gasteiger partial charge >= 0.3 is 6.09 Å². The van der Waals surface area contributed by atoms with Crippen LogP contribution in [0.15, 0.2) is 30.3 Å². The van der Waals surface area contributed by atoms with Crippen molar-refractivity contribution in [2.75, 3.05) is 19.8 Å². The number of nitrogens with one attached hydrogen (secondary N) is 1. The number of benzene rings is 1. The topological polar surface area (TPSA) is 67.8 Å². The molecule has 0 bridgehead atoms. The molecule has 0 unspecified atom stereocenters. The summed E-state index contributed by atoms with van der Waals surface area (Å²) in [5.74, 6) is 0. The van der Waals surface area contributed by atoms with Crippen molar-refractivity contribution in [3.63, 3.8) is 0 Å². The van der Waals surface area contributed by atoms with Gasteiger partial charge in [0.15, 0.2) is 0 Å². The van der Waals surface area contributed by atoms with Crippen LogP contribution in [0.1, 0.15) is 12.5 Å². The fourth-order valence-corrected chi connectivity index (χ4v) is 1.33. The molecule has 5 nitrogen and oxygen atoms in total. The lowest BCUT2D eigenvalue weighted by Gasteiger charge is -2.12. The minimum atomic E-state index is -0.738. The first kappa shape index (κ1) is 14.5. The zero-order valence-electron chi connectivity index (χ0n) is 10.5. The Morgan fingerprint density at radius 2 is 2.11 bits per heavy atom. The van der Waals surface area contributed by atoms with Gasteiger partial charge in [0, 0.05) is 6.54 Å². The van der Waals surface area contributed by atoms with E-state index in [1.54, 1.807) is 6.92 Å². The highest BCUT2D eigenvalue weighted by Gasteiger charge is 2.07. The maximum atomic E-state index is 11.0. The van der Waals surface area contributed by atoms with Gasteiger partial charge < -0.3 is 19.9 Å². The standard InChI is InChI=1S/C13H19NO4/c1-2-18-13(16)14-8-12(15)10-17-9-11-6-4-3-5-7-11/h3-7,12,15H,2,8-10H2,1H3,(H,14,16)/t12-/m1/s1. The van der Waals surface area contributed by atoms with Crippen molar-refractivity contribution in [2.24, 2.45) is 0 Å². The molecule has 0 saturated heterocycles. The van der Waals surface area contributed by atoms with Crippen LogP contribution < -0.4 is 5.32 Å². The van der Waals surface area contributed by atoms with Gasteiger partial charge in [0.05, 0.1) is 25.9 Å². The average Bonchev–Trinajstić information content (AvgIpc) is 2.38. The Hall–Kier alpha value is -1.59. The van der Waals surface area contributed by atoms with Crippen LogP contribution in [0.5, 0.6) is 0 Å². The van der Waals surface area contributed by atoms with Gasteiger partial charge in [-0.1, -0.05) is 30.3 Å². The van der Waals surface area contributed by atoms with Crippen LogP contribution in [0.4, 0.5) is 4.79 Å². The lowest BCUT2D eigenvalue weighted by Crippen LogP contribution is -2.34. The summed E-state index contributed by atoms with van der Waals surface area (Å²) < 4.78 is 10.00. The van der Waals surface area contributed by atoms with E-state index < -0.39 is 12.2 Å². The molecule has 1 rings (SSSR count). The Morgan fingerprint density at radius 3 is 2.78 bits per heavy atom. The van der Waals surface area contributed by atoms with Crippen LogP contribution in [0.3, 0.4) is 0 Å². The fourth-order valence-electron chi connectivity index (χ4n) is 1.33. The van der Waals surface area contributed by atoms with Gasteiger partial charge in [-0.25, -0.2) is 4.79 Å². The molecule has 0 radical (unpaired) electrons. The predicted molar refractivity (Wildman–Crippen MR) is 67.1 cm³/mol. The van der Waals surface area contributed by atoms with Gasteiger partial charge in [-0.3, -0.25) is 0 Å². The third-order valence-corrected chi connectivity index (χ3v) is 2.18. The van der Waals surface area contributed by atoms with E-state index in [-0.39, 0.29) is 13.2 Å². The quantitative estimate of drug-likeness (QED) is 0.769. The molecule has 1 aromatic carbocycles. The van der Waals surface area contributed by atoms with Crippen LogP contribution in [0, 0.1) is 0 Å². The van der Waals surface area contributed by atoms with Gasteiger partial charge in [0.1, 0.15) is 0 Å². The van der Waals surface area contributed by atoms with Crippen molar-refractivity contribution in [2.45, 2.75) is 19.6 Å². The highest BCUT2D eigenvalue weighted by atomic mass is 16.5. The summed E-state index contributed by atoms with van der Waals surface area (Å²) in [7, 11) is 0. The molecular formula is C13H19NO4. The van der Waals surface area contributed by atoms with E-state index in [1.165, 1.54) is 0 Å². The number of carbonyl (C=O) groups excluding carboxylic acids is 1. The highest BCUT2D eigenvalue weighted by Crippen LogP contribution is 2.00. The molecule has 0 aliphatic heterocycles. The average molecular weight is 253 g/mol. The monoisotopic (exact) mass is 253 g/mol. The SMILES string of the molecule is CCOC(=O)NC[C@@H](O)COCc1ccccc1. The van der Waals surface area contributed by atoms with Gasteiger partial charge in [-0.15, -0.1) is 0 Å². The molecule has 0 fully saturated rings. The van der Waals surface area contributed by atoms with E-state index in [0.29, 0.717) is 13.2 Å². The van der Waals surface area contributed by atoms with E-state index in [4.69, 9.17) is 4.74 Å². The van der Waals surface area contributed by atoms with Crippen LogP contribution in [0.25, 0.3) is 0 Å². The van der Waals surface area contributed by atoms with Crippen LogP contribution in [-0.2, 0) is 16.1 Å². The summed E-state index contributed by atoms with van der Waals surface area (Å²) in [6, 6.07) is 9.68. The largest absolute Gasteiger partial charge is 0.450 e. The van der Waals surface area contributed by atoms with Crippen molar-refractivity contribution < 1.29 is 19.4 Å². The number of aliphatic hydroxyl groups is 1. The summed E-state index contributed by atoms with van der Waals surface area (Å²) in [6.45, 7) is 2.76. The van der Waals surface area contributed by atoms with Crippen molar-refractivity contribution in [3.05, 3.63) is 35.9 Å². The molecule has 0 aliphatic rings. The molecule has 0 aromatic heterocycles. The van der Waals surface area contributed by atoms with Gasteiger partial charge in [-0.2, -0.15) is 0 Å². The molecule has 1 amide bonds. The molecule has 1 aromatic rings. The zero-order valence-corrected chi connectivity index (χ0v) is 10.5. The molecule has 0 heterocycles. The Morgan fingerprint density at radius 1 is 1.39 bits per heavy atom. The Balaban J connectivity index is 2.10. The first-order valence-electron chi connectivity index (χ1n) is 5.92. The van der Waals surface area contributed by atoms with Gasteiger partial charge in [0.25, 0.3) is 0 Å².